The first-order chi connectivity index (χ1) is 17.0. The van der Waals surface area contributed by atoms with E-state index < -0.39 is 5.82 Å². The number of anilines is 1. The molecule has 6 nitrogen and oxygen atoms in total. The maximum absolute atomic E-state index is 15.2. The zero-order chi connectivity index (χ0) is 24.1. The first kappa shape index (κ1) is 21.0. The number of aryl methyl sites for hydroxylation is 1. The molecule has 0 saturated carbocycles. The Balaban J connectivity index is 1.59. The molecule has 0 N–H and O–H groups in total. The van der Waals surface area contributed by atoms with Crippen molar-refractivity contribution in [2.24, 2.45) is 0 Å². The molecule has 0 radical (unpaired) electrons. The zero-order valence-corrected chi connectivity index (χ0v) is 19.0. The lowest BCUT2D eigenvalue weighted by Crippen LogP contribution is -2.24. The molecule has 0 bridgehead atoms. The van der Waals surface area contributed by atoms with Gasteiger partial charge in [0.2, 0.25) is 5.91 Å². The van der Waals surface area contributed by atoms with Crippen LogP contribution >= 0.6 is 0 Å². The van der Waals surface area contributed by atoms with Gasteiger partial charge in [0.05, 0.1) is 28.6 Å². The van der Waals surface area contributed by atoms with Crippen LogP contribution in [-0.2, 0) is 4.79 Å². The summed E-state index contributed by atoms with van der Waals surface area (Å²) in [5.41, 5.74) is 5.86. The summed E-state index contributed by atoms with van der Waals surface area (Å²) in [5.74, 6) is 2.43. The van der Waals surface area contributed by atoms with Crippen LogP contribution in [0.5, 0.6) is 0 Å². The predicted molar refractivity (Wildman–Crippen MR) is 134 cm³/mol. The summed E-state index contributed by atoms with van der Waals surface area (Å²) in [4.78, 5) is 27.2. The van der Waals surface area contributed by atoms with Crippen molar-refractivity contribution >= 4 is 33.5 Å². The van der Waals surface area contributed by atoms with Crippen LogP contribution in [0.2, 0.25) is 0 Å². The molecule has 2 aromatic carbocycles. The van der Waals surface area contributed by atoms with Crippen LogP contribution in [0.3, 0.4) is 0 Å². The van der Waals surface area contributed by atoms with E-state index in [-0.39, 0.29) is 11.6 Å². The normalized spacial score (nSPS) is 13.6. The molecule has 170 valence electrons. The maximum Gasteiger partial charge on any atom is 0.227 e. The van der Waals surface area contributed by atoms with Crippen LogP contribution in [0.25, 0.3) is 38.8 Å². The van der Waals surface area contributed by atoms with Gasteiger partial charge in [-0.15, -0.1) is 6.42 Å². The minimum Gasteiger partial charge on any atom is -0.310 e. The van der Waals surface area contributed by atoms with E-state index >= 15 is 4.39 Å². The highest BCUT2D eigenvalue weighted by molar-refractivity contribution is 6.05. The van der Waals surface area contributed by atoms with Crippen LogP contribution in [0.4, 0.5) is 10.1 Å². The fourth-order valence-corrected chi connectivity index (χ4v) is 4.82. The number of amides is 1. The molecule has 0 unspecified atom stereocenters. The van der Waals surface area contributed by atoms with Gasteiger partial charge < -0.3 is 4.90 Å². The maximum atomic E-state index is 15.2. The van der Waals surface area contributed by atoms with E-state index in [2.05, 4.69) is 20.9 Å². The number of terminal acetylenes is 1. The third-order valence-electron chi connectivity index (χ3n) is 6.48. The van der Waals surface area contributed by atoms with Gasteiger partial charge in [-0.1, -0.05) is 12.1 Å². The second kappa shape index (κ2) is 8.03. The van der Waals surface area contributed by atoms with Crippen molar-refractivity contribution in [2.75, 3.05) is 11.4 Å². The Kier molecular flexibility index (Phi) is 4.82. The number of hydrogen-bond acceptors (Lipinski definition) is 4. The van der Waals surface area contributed by atoms with E-state index in [1.54, 1.807) is 29.1 Å². The molecule has 35 heavy (non-hydrogen) atoms. The standard InChI is InChI=1S/C28H20FN5O/c1-3-26-32-24-16-31-23-10-8-18(20-6-4-12-30-17(20)2)14-21(23)28(24)34(26)19-9-11-25(22(29)15-19)33-13-5-7-27(33)35/h1,4,6,8-12,14-16H,5,7,13H2,2H3. The number of aromatic nitrogens is 4. The van der Waals surface area contributed by atoms with Gasteiger partial charge in [-0.05, 0) is 55.2 Å². The molecule has 0 atom stereocenters. The second-order valence-electron chi connectivity index (χ2n) is 8.56. The molecule has 4 heterocycles. The minimum atomic E-state index is -0.479. The van der Waals surface area contributed by atoms with E-state index in [1.165, 1.54) is 11.0 Å². The number of pyridine rings is 2. The fourth-order valence-electron chi connectivity index (χ4n) is 4.82. The Labute approximate surface area is 201 Å². The molecule has 1 amide bonds. The predicted octanol–water partition coefficient (Wildman–Crippen LogP) is 5.19. The number of rotatable bonds is 3. The van der Waals surface area contributed by atoms with E-state index in [9.17, 15) is 4.79 Å². The highest BCUT2D eigenvalue weighted by Crippen LogP contribution is 2.33. The first-order valence-electron chi connectivity index (χ1n) is 11.4. The second-order valence-corrected chi connectivity index (χ2v) is 8.56. The molecule has 1 aliphatic heterocycles. The molecule has 6 rings (SSSR count). The van der Waals surface area contributed by atoms with Crippen molar-refractivity contribution < 1.29 is 9.18 Å². The number of carbonyl (C=O) groups is 1. The molecule has 1 saturated heterocycles. The summed E-state index contributed by atoms with van der Waals surface area (Å²) in [6.07, 6.45) is 10.4. The van der Waals surface area contributed by atoms with Crippen molar-refractivity contribution in [2.45, 2.75) is 19.8 Å². The summed E-state index contributed by atoms with van der Waals surface area (Å²) in [6, 6.07) is 14.7. The summed E-state index contributed by atoms with van der Waals surface area (Å²) in [6.45, 7) is 2.49. The van der Waals surface area contributed by atoms with Crippen molar-refractivity contribution in [3.05, 3.63) is 78.3 Å². The lowest BCUT2D eigenvalue weighted by atomic mass is 10.0. The van der Waals surface area contributed by atoms with Gasteiger partial charge in [0, 0.05) is 41.9 Å². The molecule has 1 fully saturated rings. The number of nitrogens with zero attached hydrogens (tertiary/aromatic N) is 5. The van der Waals surface area contributed by atoms with Crippen LogP contribution in [0.15, 0.2) is 60.9 Å². The summed E-state index contributed by atoms with van der Waals surface area (Å²) in [5, 5.41) is 0.844. The van der Waals surface area contributed by atoms with E-state index in [1.807, 2.05) is 37.3 Å². The Hall–Kier alpha value is -4.57. The van der Waals surface area contributed by atoms with Gasteiger partial charge in [0.15, 0.2) is 5.82 Å². The topological polar surface area (TPSA) is 63.9 Å². The molecule has 1 aliphatic rings. The van der Waals surface area contributed by atoms with Gasteiger partial charge in [-0.25, -0.2) is 9.37 Å². The summed E-state index contributed by atoms with van der Waals surface area (Å²) in [7, 11) is 0. The van der Waals surface area contributed by atoms with Gasteiger partial charge in [0.25, 0.3) is 0 Å². The zero-order valence-electron chi connectivity index (χ0n) is 19.0. The Morgan fingerprint density at radius 2 is 1.97 bits per heavy atom. The molecule has 0 spiro atoms. The van der Waals surface area contributed by atoms with Crippen LogP contribution < -0.4 is 4.90 Å². The Bertz CT molecular complexity index is 1700. The number of halogens is 1. The van der Waals surface area contributed by atoms with E-state index in [4.69, 9.17) is 6.42 Å². The summed E-state index contributed by atoms with van der Waals surface area (Å²) < 4.78 is 17.0. The van der Waals surface area contributed by atoms with Crippen molar-refractivity contribution in [1.82, 2.24) is 19.5 Å². The number of imidazole rings is 1. The molecular formula is C28H20FN5O. The third kappa shape index (κ3) is 3.34. The highest BCUT2D eigenvalue weighted by Gasteiger charge is 2.25. The largest absolute Gasteiger partial charge is 0.310 e. The van der Waals surface area contributed by atoms with Crippen molar-refractivity contribution in [3.8, 4) is 29.2 Å². The SMILES string of the molecule is C#Cc1nc2cnc3ccc(-c4cccnc4C)cc3c2n1-c1ccc(N2CCCC2=O)c(F)c1. The number of hydrogen-bond donors (Lipinski definition) is 0. The van der Waals surface area contributed by atoms with Crippen LogP contribution in [0, 0.1) is 25.1 Å². The van der Waals surface area contributed by atoms with Crippen molar-refractivity contribution in [1.29, 1.82) is 0 Å². The number of benzene rings is 2. The van der Waals surface area contributed by atoms with Gasteiger partial charge in [-0.2, -0.15) is 0 Å². The minimum absolute atomic E-state index is 0.0654. The third-order valence-corrected chi connectivity index (χ3v) is 6.48. The van der Waals surface area contributed by atoms with Crippen molar-refractivity contribution in [3.63, 3.8) is 0 Å². The number of carbonyl (C=O) groups excluding carboxylic acids is 1. The quantitative estimate of drug-likeness (QED) is 0.347. The monoisotopic (exact) mass is 461 g/mol. The number of fused-ring (bicyclic) bond motifs is 3. The fraction of sp³-hybridized carbons (Fsp3) is 0.143. The van der Waals surface area contributed by atoms with Gasteiger partial charge in [-0.3, -0.25) is 19.3 Å². The molecular weight excluding hydrogens is 441 g/mol. The average molecular weight is 462 g/mol. The smallest absolute Gasteiger partial charge is 0.227 e. The lowest BCUT2D eigenvalue weighted by Gasteiger charge is -2.17. The lowest BCUT2D eigenvalue weighted by molar-refractivity contribution is -0.117. The first-order valence-corrected chi connectivity index (χ1v) is 11.4. The van der Waals surface area contributed by atoms with E-state index in [0.717, 1.165) is 39.7 Å². The highest BCUT2D eigenvalue weighted by atomic mass is 19.1. The molecule has 3 aromatic heterocycles. The van der Waals surface area contributed by atoms with Crippen LogP contribution in [-0.4, -0.2) is 32.0 Å². The molecule has 0 aliphatic carbocycles. The van der Waals surface area contributed by atoms with Gasteiger partial charge in [0.1, 0.15) is 11.3 Å². The molecule has 7 heteroatoms. The van der Waals surface area contributed by atoms with Gasteiger partial charge >= 0.3 is 0 Å². The molecule has 5 aromatic rings. The van der Waals surface area contributed by atoms with E-state index in [0.29, 0.717) is 30.0 Å². The Morgan fingerprint density at radius 1 is 1.09 bits per heavy atom. The summed E-state index contributed by atoms with van der Waals surface area (Å²) >= 11 is 0. The van der Waals surface area contributed by atoms with Crippen LogP contribution in [0.1, 0.15) is 24.4 Å². The average Bonchev–Trinajstić information content (AvgIpc) is 3.47. The Morgan fingerprint density at radius 3 is 2.71 bits per heavy atom.